The molecule has 0 aliphatic heterocycles. The molecule has 0 rings (SSSR count). The van der Waals surface area contributed by atoms with Crippen molar-refractivity contribution < 1.29 is 67.8 Å². The van der Waals surface area contributed by atoms with Crippen molar-refractivity contribution in [1.82, 2.24) is 0 Å². The predicted octanol–water partition coefficient (Wildman–Crippen LogP) is -1.75. The Morgan fingerprint density at radius 2 is 2.20 bits per heavy atom. The van der Waals surface area contributed by atoms with Gasteiger partial charge in [-0.3, -0.25) is 4.89 Å². The second-order valence-corrected chi connectivity index (χ2v) is 1.30. The smallest absolute Gasteiger partial charge is 1.00 e. The minimum Gasteiger partial charge on any atom is -1.00 e. The van der Waals surface area contributed by atoms with Gasteiger partial charge in [0, 0.05) is 6.08 Å². The van der Waals surface area contributed by atoms with Crippen LogP contribution in [0.2, 0.25) is 0 Å². The van der Waals surface area contributed by atoms with Gasteiger partial charge in [0.1, 0.15) is 0 Å². The monoisotopic (exact) mass is 168 g/mol. The molecule has 0 unspecified atom stereocenters. The predicted molar refractivity (Wildman–Crippen MR) is 33.8 cm³/mol. The fourth-order valence-corrected chi connectivity index (χ4v) is 0.276. The molecule has 1 N–H and O–H groups in total. The molecule has 0 fully saturated rings. The summed E-state index contributed by atoms with van der Waals surface area (Å²) in [6, 6.07) is 0. The van der Waals surface area contributed by atoms with E-state index in [1.807, 2.05) is 6.92 Å². The Morgan fingerprint density at radius 3 is 2.60 bits per heavy atom. The van der Waals surface area contributed by atoms with E-state index in [-0.39, 0.29) is 52.8 Å². The molecule has 0 saturated carbocycles. The van der Waals surface area contributed by atoms with Crippen LogP contribution in [-0.4, -0.2) is 11.2 Å². The largest absolute Gasteiger partial charge is 1.00 e. The maximum absolute atomic E-state index is 10.1. The summed E-state index contributed by atoms with van der Waals surface area (Å²) in [6.07, 6.45) is 5.98. The second-order valence-electron chi connectivity index (χ2n) is 1.30. The summed E-state index contributed by atoms with van der Waals surface area (Å²) < 4.78 is 0. The van der Waals surface area contributed by atoms with E-state index < -0.39 is 5.97 Å². The average Bonchev–Trinajstić information content (AvgIpc) is 1.89. The third kappa shape index (κ3) is 8.55. The molecule has 3 nitrogen and oxygen atoms in total. The van der Waals surface area contributed by atoms with Gasteiger partial charge in [0.15, 0.2) is 0 Å². The Morgan fingerprint density at radius 1 is 1.60 bits per heavy atom. The van der Waals surface area contributed by atoms with Crippen molar-refractivity contribution in [2.24, 2.45) is 0 Å². The van der Waals surface area contributed by atoms with Gasteiger partial charge in [0.25, 0.3) is 0 Å². The first kappa shape index (κ1) is 13.2. The summed E-state index contributed by atoms with van der Waals surface area (Å²) in [5, 5.41) is 7.71. The quantitative estimate of drug-likeness (QED) is 0.175. The molecule has 0 aliphatic rings. The normalized spacial score (nSPS) is 9.80. The fraction of sp³-hybridized carbons (Fsp3) is 0.167. The van der Waals surface area contributed by atoms with E-state index in [4.69, 9.17) is 5.26 Å². The molecule has 0 atom stereocenters. The van der Waals surface area contributed by atoms with Crippen LogP contribution in [0.4, 0.5) is 0 Å². The van der Waals surface area contributed by atoms with Gasteiger partial charge in [0.05, 0.1) is 0 Å². The zero-order chi connectivity index (χ0) is 7.11. The molecule has 0 aromatic heterocycles. The maximum atomic E-state index is 10.1. The van der Waals surface area contributed by atoms with Crippen LogP contribution < -0.4 is 51.4 Å². The molecule has 52 valence electrons. The van der Waals surface area contributed by atoms with Crippen molar-refractivity contribution in [3.63, 3.8) is 0 Å². The molecule has 10 heavy (non-hydrogen) atoms. The van der Waals surface area contributed by atoms with E-state index in [1.54, 1.807) is 12.2 Å². The van der Waals surface area contributed by atoms with Gasteiger partial charge in [0.2, 0.25) is 0 Å². The third-order valence-corrected chi connectivity index (χ3v) is 0.626. The minimum atomic E-state index is -0.770. The van der Waals surface area contributed by atoms with Crippen LogP contribution in [0.15, 0.2) is 24.3 Å². The van der Waals surface area contributed by atoms with Gasteiger partial charge in [-0.1, -0.05) is 18.2 Å². The Kier molecular flexibility index (Phi) is 12.6. The first-order chi connectivity index (χ1) is 4.31. The number of carbonyl (C=O) groups is 1. The van der Waals surface area contributed by atoms with Crippen molar-refractivity contribution in [2.45, 2.75) is 6.92 Å². The zero-order valence-corrected chi connectivity index (χ0v) is 9.20. The Balaban J connectivity index is -0.000000320. The van der Waals surface area contributed by atoms with Crippen LogP contribution in [0.25, 0.3) is 0 Å². The number of allylic oxidation sites excluding steroid dienone is 3. The summed E-state index contributed by atoms with van der Waals surface area (Å²) in [7, 11) is 0. The topological polar surface area (TPSA) is 46.5 Å². The minimum absolute atomic E-state index is 0. The summed E-state index contributed by atoms with van der Waals surface area (Å²) >= 11 is 0. The molecule has 0 amide bonds. The molecule has 0 bridgehead atoms. The van der Waals surface area contributed by atoms with Gasteiger partial charge in [-0.15, -0.1) is 0 Å². The summed E-state index contributed by atoms with van der Waals surface area (Å²) in [6.45, 7) is 1.81. The number of hydrogen-bond acceptors (Lipinski definition) is 3. The fourth-order valence-electron chi connectivity index (χ4n) is 0.276. The Hall–Kier alpha value is 0.546. The molecule has 0 aromatic carbocycles. The van der Waals surface area contributed by atoms with Crippen LogP contribution >= 0.6 is 0 Å². The SMILES string of the molecule is C/C=C/C=C/C(=O)OO.[H-].[K+]. The van der Waals surface area contributed by atoms with Gasteiger partial charge >= 0.3 is 57.4 Å². The third-order valence-electron chi connectivity index (χ3n) is 0.626. The van der Waals surface area contributed by atoms with E-state index in [1.165, 1.54) is 6.08 Å². The van der Waals surface area contributed by atoms with Crippen LogP contribution in [-0.2, 0) is 9.68 Å². The maximum Gasteiger partial charge on any atom is 1.00 e. The first-order valence-electron chi connectivity index (χ1n) is 2.46. The number of hydrogen-bond donors (Lipinski definition) is 1. The zero-order valence-electron chi connectivity index (χ0n) is 7.07. The van der Waals surface area contributed by atoms with Crippen molar-refractivity contribution in [2.75, 3.05) is 0 Å². The van der Waals surface area contributed by atoms with Gasteiger partial charge in [-0.05, 0) is 6.92 Å². The molecule has 0 aromatic rings. The number of carbonyl (C=O) groups excluding carboxylic acids is 1. The standard InChI is InChI=1S/C6H8O3.K.H/c1-2-3-4-5-6(7)9-8;;/h2-5,8H,1H3;;/q;+1;-1/b3-2+,5-4+;;. The Bertz CT molecular complexity index is 145. The second kappa shape index (κ2) is 9.55. The van der Waals surface area contributed by atoms with E-state index in [2.05, 4.69) is 4.89 Å². The van der Waals surface area contributed by atoms with E-state index >= 15 is 0 Å². The number of rotatable bonds is 2. The van der Waals surface area contributed by atoms with Crippen molar-refractivity contribution in [3.8, 4) is 0 Å². The van der Waals surface area contributed by atoms with E-state index in [9.17, 15) is 4.79 Å². The molecule has 0 aliphatic carbocycles. The summed E-state index contributed by atoms with van der Waals surface area (Å²) in [5.74, 6) is -0.770. The van der Waals surface area contributed by atoms with Crippen molar-refractivity contribution in [3.05, 3.63) is 24.3 Å². The van der Waals surface area contributed by atoms with Crippen molar-refractivity contribution in [1.29, 1.82) is 0 Å². The summed E-state index contributed by atoms with van der Waals surface area (Å²) in [5.41, 5.74) is 0. The van der Waals surface area contributed by atoms with Crippen LogP contribution in [0.3, 0.4) is 0 Å². The molecule has 0 radical (unpaired) electrons. The van der Waals surface area contributed by atoms with Crippen LogP contribution in [0.1, 0.15) is 8.35 Å². The van der Waals surface area contributed by atoms with Crippen LogP contribution in [0, 0.1) is 0 Å². The van der Waals surface area contributed by atoms with Gasteiger partial charge < -0.3 is 1.43 Å². The average molecular weight is 168 g/mol. The van der Waals surface area contributed by atoms with Crippen molar-refractivity contribution >= 4 is 5.97 Å². The van der Waals surface area contributed by atoms with Gasteiger partial charge in [-0.2, -0.15) is 5.26 Å². The Labute approximate surface area is 104 Å². The first-order valence-corrected chi connectivity index (χ1v) is 2.46. The van der Waals surface area contributed by atoms with Gasteiger partial charge in [-0.25, -0.2) is 4.79 Å². The molecular formula is C6H9KO3. The van der Waals surface area contributed by atoms with E-state index in [0.29, 0.717) is 0 Å². The van der Waals surface area contributed by atoms with Crippen LogP contribution in [0.5, 0.6) is 0 Å². The molecule has 0 spiro atoms. The van der Waals surface area contributed by atoms with E-state index in [0.717, 1.165) is 6.08 Å². The molecule has 4 heteroatoms. The molecule has 0 heterocycles. The molecule has 0 saturated heterocycles. The summed E-state index contributed by atoms with van der Waals surface area (Å²) in [4.78, 5) is 13.4. The molecular weight excluding hydrogens is 159 g/mol.